The van der Waals surface area contributed by atoms with Crippen LogP contribution in [0.5, 0.6) is 0 Å². The summed E-state index contributed by atoms with van der Waals surface area (Å²) in [6.45, 7) is 16.3. The Morgan fingerprint density at radius 1 is 0.889 bits per heavy atom. The van der Waals surface area contributed by atoms with E-state index in [0.717, 1.165) is 12.8 Å². The van der Waals surface area contributed by atoms with E-state index in [0.29, 0.717) is 25.7 Å². The summed E-state index contributed by atoms with van der Waals surface area (Å²) in [7, 11) is 0. The van der Waals surface area contributed by atoms with E-state index >= 15 is 0 Å². The van der Waals surface area contributed by atoms with Crippen molar-refractivity contribution in [2.24, 2.45) is 39.4 Å². The molecular weight excluding hydrogens is 456 g/mol. The first-order valence-electron chi connectivity index (χ1n) is 14.2. The normalized spacial score (nSPS) is 56.5. The highest BCUT2D eigenvalue weighted by Crippen LogP contribution is 2.74. The van der Waals surface area contributed by atoms with E-state index in [2.05, 4.69) is 40.7 Å². The molecule has 1 aliphatic heterocycles. The molecule has 6 nitrogen and oxygen atoms in total. The van der Waals surface area contributed by atoms with E-state index in [9.17, 15) is 25.5 Å². The molecule has 5 rings (SSSR count). The zero-order valence-electron chi connectivity index (χ0n) is 23.6. The van der Waals surface area contributed by atoms with Gasteiger partial charge in [0.1, 0.15) is 0 Å². The van der Waals surface area contributed by atoms with Gasteiger partial charge in [0.05, 0.1) is 41.7 Å². The molecule has 1 saturated heterocycles. The highest BCUT2D eigenvalue weighted by Gasteiger charge is 2.73. The number of allylic oxidation sites excluding steroid dienone is 1. The fourth-order valence-corrected chi connectivity index (χ4v) is 10.6. The third kappa shape index (κ3) is 3.24. The lowest BCUT2D eigenvalue weighted by molar-refractivity contribution is -0.201. The smallest absolute Gasteiger partial charge is 0.0865 e. The number of fused-ring (bicyclic) bond motifs is 5. The molecular formula is C30H50O6. The third-order valence-corrected chi connectivity index (χ3v) is 12.6. The Kier molecular flexibility index (Phi) is 5.86. The first-order chi connectivity index (χ1) is 16.3. The van der Waals surface area contributed by atoms with Gasteiger partial charge in [0.15, 0.2) is 0 Å². The van der Waals surface area contributed by atoms with Crippen LogP contribution in [0.3, 0.4) is 0 Å². The third-order valence-electron chi connectivity index (χ3n) is 12.6. The zero-order valence-corrected chi connectivity index (χ0v) is 23.6. The van der Waals surface area contributed by atoms with Gasteiger partial charge in [-0.05, 0) is 81.5 Å². The molecule has 0 bridgehead atoms. The van der Waals surface area contributed by atoms with Crippen LogP contribution in [0, 0.1) is 39.4 Å². The summed E-state index contributed by atoms with van der Waals surface area (Å²) < 4.78 is 6.56. The highest BCUT2D eigenvalue weighted by molar-refractivity contribution is 5.37. The lowest BCUT2D eigenvalue weighted by Crippen LogP contribution is -2.65. The van der Waals surface area contributed by atoms with Gasteiger partial charge in [0, 0.05) is 17.3 Å². The Hall–Kier alpha value is -0.500. The molecule has 206 valence electrons. The molecule has 5 N–H and O–H groups in total. The Bertz CT molecular complexity index is 938. The quantitative estimate of drug-likeness (QED) is 0.366. The van der Waals surface area contributed by atoms with Crippen molar-refractivity contribution in [3.05, 3.63) is 11.6 Å². The van der Waals surface area contributed by atoms with E-state index in [1.165, 1.54) is 5.57 Å². The number of hydrogen-bond acceptors (Lipinski definition) is 6. The van der Waals surface area contributed by atoms with Crippen LogP contribution in [-0.4, -0.2) is 67.3 Å². The van der Waals surface area contributed by atoms with Crippen LogP contribution in [0.4, 0.5) is 0 Å². The summed E-state index contributed by atoms with van der Waals surface area (Å²) >= 11 is 0. The van der Waals surface area contributed by atoms with Gasteiger partial charge in [-0.2, -0.15) is 0 Å². The van der Waals surface area contributed by atoms with E-state index in [-0.39, 0.29) is 29.3 Å². The lowest BCUT2D eigenvalue weighted by atomic mass is 9.40. The molecule has 0 aromatic carbocycles. The molecule has 0 aromatic heterocycles. The second-order valence-electron chi connectivity index (χ2n) is 15.3. The van der Waals surface area contributed by atoms with E-state index in [4.69, 9.17) is 4.74 Å². The van der Waals surface area contributed by atoms with Gasteiger partial charge in [-0.3, -0.25) is 0 Å². The molecule has 36 heavy (non-hydrogen) atoms. The predicted octanol–water partition coefficient (Wildman–Crippen LogP) is 3.57. The number of ether oxygens (including phenoxy) is 1. The van der Waals surface area contributed by atoms with Crippen molar-refractivity contribution in [3.63, 3.8) is 0 Å². The van der Waals surface area contributed by atoms with E-state index in [1.54, 1.807) is 13.8 Å². The average Bonchev–Trinajstić information content (AvgIpc) is 3.23. The topological polar surface area (TPSA) is 110 Å². The molecule has 4 fully saturated rings. The minimum absolute atomic E-state index is 0.0305. The summed E-state index contributed by atoms with van der Waals surface area (Å²) in [5.74, 6) is -0.368. The fourth-order valence-electron chi connectivity index (χ4n) is 10.6. The standard InChI is InChI=1S/C30H50O6/c1-25(2)20(33)9-11-27(5)16-14-21(34)30(8)24(29(7)12-10-22(36-29)26(3,4)35)19(32)15-28(30,6)17(16)13-18(31)23(25)27/h14,17-24,31-35H,9-13,15H2,1-8H3/t17?,18-,19-,20-,21-,22-,23?,24+,27+,28-,29+,30+/m0/s1. The van der Waals surface area contributed by atoms with Crippen molar-refractivity contribution >= 4 is 0 Å². The maximum Gasteiger partial charge on any atom is 0.0865 e. The Balaban J connectivity index is 1.59. The lowest BCUT2D eigenvalue weighted by Gasteiger charge is -2.66. The zero-order chi connectivity index (χ0) is 26.9. The predicted molar refractivity (Wildman–Crippen MR) is 138 cm³/mol. The molecule has 4 aliphatic carbocycles. The first-order valence-corrected chi connectivity index (χ1v) is 14.2. The second kappa shape index (κ2) is 7.79. The molecule has 0 aromatic rings. The summed E-state index contributed by atoms with van der Waals surface area (Å²) in [6, 6.07) is 0. The van der Waals surface area contributed by atoms with Gasteiger partial charge in [0.2, 0.25) is 0 Å². The molecule has 12 atom stereocenters. The highest BCUT2D eigenvalue weighted by atomic mass is 16.5. The van der Waals surface area contributed by atoms with Gasteiger partial charge in [-0.15, -0.1) is 0 Å². The Labute approximate surface area is 217 Å². The van der Waals surface area contributed by atoms with Crippen LogP contribution in [0.1, 0.15) is 93.9 Å². The van der Waals surface area contributed by atoms with Crippen LogP contribution in [0.25, 0.3) is 0 Å². The fraction of sp³-hybridized carbons (Fsp3) is 0.933. The second-order valence-corrected chi connectivity index (χ2v) is 15.3. The van der Waals surface area contributed by atoms with Gasteiger partial charge >= 0.3 is 0 Å². The summed E-state index contributed by atoms with van der Waals surface area (Å²) in [6.07, 6.45) is 3.32. The molecule has 3 saturated carbocycles. The molecule has 1 heterocycles. The van der Waals surface area contributed by atoms with Crippen LogP contribution < -0.4 is 0 Å². The van der Waals surface area contributed by atoms with Gasteiger partial charge < -0.3 is 30.3 Å². The van der Waals surface area contributed by atoms with E-state index in [1.807, 2.05) is 6.92 Å². The largest absolute Gasteiger partial charge is 0.393 e. The van der Waals surface area contributed by atoms with Crippen molar-refractivity contribution < 1.29 is 30.3 Å². The van der Waals surface area contributed by atoms with Crippen LogP contribution >= 0.6 is 0 Å². The minimum atomic E-state index is -0.973. The minimum Gasteiger partial charge on any atom is -0.393 e. The van der Waals surface area contributed by atoms with E-state index < -0.39 is 51.9 Å². The van der Waals surface area contributed by atoms with Gasteiger partial charge in [-0.1, -0.05) is 46.3 Å². The Morgan fingerprint density at radius 3 is 2.11 bits per heavy atom. The first kappa shape index (κ1) is 27.1. The number of aliphatic hydroxyl groups excluding tert-OH is 4. The number of rotatable bonds is 2. The maximum atomic E-state index is 12.0. The molecule has 6 heteroatoms. The number of aliphatic hydroxyl groups is 5. The molecule has 2 unspecified atom stereocenters. The van der Waals surface area contributed by atoms with Crippen molar-refractivity contribution in [2.75, 3.05) is 0 Å². The molecule has 0 amide bonds. The van der Waals surface area contributed by atoms with Crippen LogP contribution in [0.2, 0.25) is 0 Å². The molecule has 0 spiro atoms. The monoisotopic (exact) mass is 506 g/mol. The van der Waals surface area contributed by atoms with Crippen molar-refractivity contribution in [1.82, 2.24) is 0 Å². The van der Waals surface area contributed by atoms with Crippen molar-refractivity contribution in [1.29, 1.82) is 0 Å². The van der Waals surface area contributed by atoms with Gasteiger partial charge in [-0.25, -0.2) is 0 Å². The summed E-state index contributed by atoms with van der Waals surface area (Å²) in [5.41, 5.74) is -2.27. The SMILES string of the molecule is CC(C)(O)[C@@H]1CC[C@](C)([C@H]2[C@@H](O)C[C@@]3(C)C4C[C@H](O)C5C(C)(C)[C@@H](O)CC[C@]5(C)C4=C[C@H](O)[C@]23C)O1. The number of hydrogen-bond donors (Lipinski definition) is 5. The summed E-state index contributed by atoms with van der Waals surface area (Å²) in [5, 5.41) is 56.8. The van der Waals surface area contributed by atoms with Crippen LogP contribution in [-0.2, 0) is 4.74 Å². The van der Waals surface area contributed by atoms with Crippen molar-refractivity contribution in [2.45, 2.75) is 136 Å². The molecule has 0 radical (unpaired) electrons. The van der Waals surface area contributed by atoms with Crippen LogP contribution in [0.15, 0.2) is 11.6 Å². The van der Waals surface area contributed by atoms with Crippen molar-refractivity contribution in [3.8, 4) is 0 Å². The van der Waals surface area contributed by atoms with Gasteiger partial charge in [0.25, 0.3) is 0 Å². The maximum absolute atomic E-state index is 12.0. The average molecular weight is 507 g/mol. The summed E-state index contributed by atoms with van der Waals surface area (Å²) in [4.78, 5) is 0. The molecule has 5 aliphatic rings. The Morgan fingerprint density at radius 2 is 1.53 bits per heavy atom.